The molecule has 10 heavy (non-hydrogen) atoms. The van der Waals surface area contributed by atoms with E-state index in [-0.39, 0.29) is 7.24 Å². The Morgan fingerprint density at radius 1 is 1.40 bits per heavy atom. The molecule has 0 atom stereocenters. The summed E-state index contributed by atoms with van der Waals surface area (Å²) >= 11 is 0. The molecule has 0 aliphatic rings. The van der Waals surface area contributed by atoms with E-state index in [2.05, 4.69) is 0 Å². The van der Waals surface area contributed by atoms with Gasteiger partial charge < -0.3 is 5.73 Å². The van der Waals surface area contributed by atoms with Crippen molar-refractivity contribution in [1.82, 2.24) is 0 Å². The van der Waals surface area contributed by atoms with Gasteiger partial charge >= 0.3 is 0 Å². The highest BCUT2D eigenvalue weighted by Crippen LogP contribution is 2.01. The lowest BCUT2D eigenvalue weighted by molar-refractivity contribution is 0.627. The molecule has 0 amide bonds. The predicted molar refractivity (Wildman–Crippen MR) is 58.2 cm³/mol. The number of hydrogen-bond acceptors (Lipinski definition) is 1. The normalized spacial score (nSPS) is 16.2. The summed E-state index contributed by atoms with van der Waals surface area (Å²) in [7, 11) is 0. The first kappa shape index (κ1) is 2.05. The van der Waals surface area contributed by atoms with Gasteiger partial charge in [0.25, 0.3) is 0 Å². The second kappa shape index (κ2) is 3.32. The Kier molecular flexibility index (Phi) is 0.680. The van der Waals surface area contributed by atoms with Crippen molar-refractivity contribution in [2.24, 2.45) is 5.73 Å². The molecular weight excluding hydrogens is 129 g/mol. The van der Waals surface area contributed by atoms with Gasteiger partial charge in [-0.25, -0.2) is 4.39 Å². The van der Waals surface area contributed by atoms with Crippen molar-refractivity contribution in [3.8, 4) is 0 Å². The van der Waals surface area contributed by atoms with Gasteiger partial charge in [0.15, 0.2) is 0 Å². The summed E-state index contributed by atoms with van der Waals surface area (Å²) in [5.74, 6) is -0.194. The number of halogens is 1. The third-order valence-corrected chi connectivity index (χ3v) is 1.35. The van der Waals surface area contributed by atoms with Crippen LogP contribution in [0, 0.1) is 5.82 Å². The Labute approximate surface area is 85.8 Å². The first-order valence-electron chi connectivity index (χ1n) is 11.3. The summed E-state index contributed by atoms with van der Waals surface area (Å²) < 4.78 is 92.3. The van der Waals surface area contributed by atoms with Crippen molar-refractivity contribution in [2.45, 2.75) is 6.42 Å². The highest BCUT2D eigenvalue weighted by Gasteiger charge is 1.90. The van der Waals surface area contributed by atoms with E-state index >= 15 is 0 Å². The third-order valence-electron chi connectivity index (χ3n) is 1.35. The van der Waals surface area contributed by atoms with Gasteiger partial charge in [-0.05, 0) is 30.7 Å². The second-order valence-corrected chi connectivity index (χ2v) is 2.17. The minimum absolute atomic E-state index is 0. The standard InChI is InChI=1S/C8H10FN.9H2/c9-8-3-1-7(2-4-8)5-6-10;;;;;;;;;/h1-4H,5-6,10H2;9*1H/i;8*1+1D;1+1. The summed E-state index contributed by atoms with van der Waals surface area (Å²) in [6, 6.07) is 6.40. The van der Waals surface area contributed by atoms with Crippen LogP contribution in [0.3, 0.4) is 0 Å². The maximum Gasteiger partial charge on any atom is 0.123 e. The molecule has 0 aromatic heterocycles. The van der Waals surface area contributed by atoms with Crippen molar-refractivity contribution < 1.29 is 29.6 Å². The molecule has 0 radical (unpaired) electrons. The Hall–Kier alpha value is -0.890. The molecule has 0 heterocycles. The monoisotopic (exact) mass is 174 g/mol. The van der Waals surface area contributed by atoms with E-state index in [1.807, 2.05) is 0 Å². The fourth-order valence-corrected chi connectivity index (χ4v) is 0.818. The Morgan fingerprint density at radius 2 is 2.00 bits per heavy atom. The van der Waals surface area contributed by atoms with E-state index in [1.54, 1.807) is 12.1 Å². The smallest absolute Gasteiger partial charge is 0.123 e. The summed E-state index contributed by atoms with van der Waals surface area (Å²) in [6.07, 6.45) is 0.820. The van der Waals surface area contributed by atoms with Gasteiger partial charge in [-0.2, -0.15) is 0 Å². The van der Waals surface area contributed by atoms with Crippen LogP contribution < -0.4 is 5.73 Å². The molecule has 2 N–H and O–H groups in total. The minimum Gasteiger partial charge on any atom is -0.330 e. The fourth-order valence-electron chi connectivity index (χ4n) is 0.818. The fraction of sp³-hybridized carbons (Fsp3) is 0.250. The summed E-state index contributed by atoms with van der Waals surface area (Å²) in [5, 5.41) is 0. The number of benzene rings is 1. The SMILES string of the molecule is NCCc1ccc(F)cc1.[2HH].[2H][2H].[2H][2H].[2H][2H].[2H][2H].[2H][2H].[2H][2H].[2H][2H].[2H][2H]. The summed E-state index contributed by atoms with van der Waals surface area (Å²) in [4.78, 5) is 0. The lowest BCUT2D eigenvalue weighted by Gasteiger charge is -1.95. The van der Waals surface area contributed by atoms with Crippen molar-refractivity contribution >= 4 is 0 Å². The quantitative estimate of drug-likeness (QED) is 0.729. The molecule has 0 bridgehead atoms. The van der Waals surface area contributed by atoms with E-state index in [0.717, 1.165) is 12.0 Å². The molecule has 1 rings (SSSR count). The van der Waals surface area contributed by atoms with Crippen molar-refractivity contribution in [2.75, 3.05) is 6.54 Å². The molecule has 0 unspecified atom stereocenters. The zero-order valence-corrected chi connectivity index (χ0v) is 5.68. The molecular formula is C8H28FN. The second-order valence-electron chi connectivity index (χ2n) is 2.17. The average molecular weight is 174 g/mol. The van der Waals surface area contributed by atoms with E-state index in [4.69, 9.17) is 29.5 Å². The summed E-state index contributed by atoms with van der Waals surface area (Å²) in [5.41, 5.74) is 6.39. The van der Waals surface area contributed by atoms with Crippen molar-refractivity contribution in [1.29, 1.82) is 0 Å². The van der Waals surface area contributed by atoms with Crippen LogP contribution in [-0.4, -0.2) is 6.54 Å². The van der Waals surface area contributed by atoms with Gasteiger partial charge in [0.05, 0.1) is 0 Å². The first-order chi connectivity index (χ1) is 12.8. The Balaban J connectivity index is -0.0000000234. The number of hydrogen-bond donors (Lipinski definition) is 1. The maximum absolute atomic E-state index is 12.3. The van der Waals surface area contributed by atoms with E-state index < -0.39 is 0 Å². The van der Waals surface area contributed by atoms with Crippen LogP contribution in [0.2, 0.25) is 0 Å². The third kappa shape index (κ3) is 1.81. The highest BCUT2D eigenvalue weighted by atomic mass is 19.1. The molecule has 1 nitrogen and oxygen atoms in total. The molecule has 0 aliphatic heterocycles. The zero-order valence-electron chi connectivity index (χ0n) is 21.7. The lowest BCUT2D eigenvalue weighted by atomic mass is 10.1. The molecule has 0 spiro atoms. The number of nitrogens with two attached hydrogens (primary N) is 1. The highest BCUT2D eigenvalue weighted by molar-refractivity contribution is 5.16. The van der Waals surface area contributed by atoms with E-state index in [0.29, 0.717) is 6.54 Å². The lowest BCUT2D eigenvalue weighted by Crippen LogP contribution is -2.02. The first-order valence-corrected chi connectivity index (χ1v) is 3.27. The number of rotatable bonds is 2. The van der Waals surface area contributed by atoms with Gasteiger partial charge in [0.2, 0.25) is 0 Å². The van der Waals surface area contributed by atoms with Crippen LogP contribution in [0.25, 0.3) is 0 Å². The van der Waals surface area contributed by atoms with Gasteiger partial charge in [0, 0.05) is 25.2 Å². The van der Waals surface area contributed by atoms with Crippen molar-refractivity contribution in [3.05, 3.63) is 35.6 Å². The van der Waals surface area contributed by atoms with Gasteiger partial charge in [-0.3, -0.25) is 0 Å². The Morgan fingerprint density at radius 3 is 2.50 bits per heavy atom. The molecule has 72 valence electrons. The molecule has 0 saturated carbocycles. The largest absolute Gasteiger partial charge is 0.330 e. The molecule has 2 heteroatoms. The van der Waals surface area contributed by atoms with Crippen LogP contribution >= 0.6 is 0 Å². The minimum atomic E-state index is -0.194. The van der Waals surface area contributed by atoms with Crippen LogP contribution in [-0.2, 0) is 6.42 Å². The van der Waals surface area contributed by atoms with Crippen LogP contribution in [0.15, 0.2) is 24.3 Å². The predicted octanol–water partition coefficient (Wildman–Crippen LogP) is 3.54. The van der Waals surface area contributed by atoms with Crippen LogP contribution in [0.4, 0.5) is 4.39 Å². The van der Waals surface area contributed by atoms with Crippen LogP contribution in [0.5, 0.6) is 0 Å². The summed E-state index contributed by atoms with van der Waals surface area (Å²) in [6.45, 7) is 0.617. The van der Waals surface area contributed by atoms with Crippen LogP contribution in [0.1, 0.15) is 30.7 Å². The molecule has 0 fully saturated rings. The molecule has 0 saturated heterocycles. The van der Waals surface area contributed by atoms with E-state index in [1.165, 1.54) is 12.1 Å². The maximum atomic E-state index is 12.3. The van der Waals surface area contributed by atoms with E-state index in [9.17, 15) is 4.39 Å². The van der Waals surface area contributed by atoms with Gasteiger partial charge in [0.1, 0.15) is 5.82 Å². The molecule has 1 aromatic rings. The molecule has 1 aromatic carbocycles. The van der Waals surface area contributed by atoms with Crippen molar-refractivity contribution in [3.63, 3.8) is 0 Å². The van der Waals surface area contributed by atoms with Gasteiger partial charge in [-0.1, -0.05) is 12.1 Å². The Bertz CT molecular complexity index is 219. The van der Waals surface area contributed by atoms with Gasteiger partial charge in [-0.15, -0.1) is 0 Å². The zero-order chi connectivity index (χ0) is 23.4. The average Bonchev–Trinajstić information content (AvgIpc) is 2.81. The molecule has 0 aliphatic carbocycles. The topological polar surface area (TPSA) is 26.0 Å².